The first kappa shape index (κ1) is 14.6. The molecule has 2 aliphatic rings. The lowest BCUT2D eigenvalue weighted by Gasteiger charge is -2.32. The minimum atomic E-state index is 0.459. The van der Waals surface area contributed by atoms with Crippen LogP contribution in [0.25, 0.3) is 0 Å². The molecule has 0 aromatic carbocycles. The summed E-state index contributed by atoms with van der Waals surface area (Å²) in [7, 11) is 0. The van der Waals surface area contributed by atoms with Gasteiger partial charge in [0, 0.05) is 35.7 Å². The van der Waals surface area contributed by atoms with Crippen molar-refractivity contribution in [2.24, 2.45) is 0 Å². The normalized spacial score (nSPS) is 31.8. The summed E-state index contributed by atoms with van der Waals surface area (Å²) in [4.78, 5) is 2.66. The van der Waals surface area contributed by atoms with E-state index in [1.807, 2.05) is 0 Å². The van der Waals surface area contributed by atoms with E-state index in [2.05, 4.69) is 42.7 Å². The largest absolute Gasteiger partial charge is 0.379 e. The maximum Gasteiger partial charge on any atom is 0.0620 e. The lowest BCUT2D eigenvalue weighted by molar-refractivity contribution is 0.0624. The molecule has 4 heteroatoms. The SMILES string of the molecule is CC(CC1COCCN1)N1CCSC(C)(C)CC1. The van der Waals surface area contributed by atoms with Crippen LogP contribution in [-0.2, 0) is 4.74 Å². The summed E-state index contributed by atoms with van der Waals surface area (Å²) in [6.07, 6.45) is 2.52. The lowest BCUT2D eigenvalue weighted by atomic mass is 10.0. The zero-order chi connectivity index (χ0) is 13.0. The summed E-state index contributed by atoms with van der Waals surface area (Å²) in [6, 6.07) is 1.22. The third kappa shape index (κ3) is 4.41. The third-order valence-corrected chi connectivity index (χ3v) is 5.49. The first-order chi connectivity index (χ1) is 8.57. The van der Waals surface area contributed by atoms with E-state index in [9.17, 15) is 0 Å². The van der Waals surface area contributed by atoms with Crippen LogP contribution in [0.5, 0.6) is 0 Å². The van der Waals surface area contributed by atoms with E-state index in [0.29, 0.717) is 16.8 Å². The highest BCUT2D eigenvalue weighted by Gasteiger charge is 2.27. The van der Waals surface area contributed by atoms with Crippen LogP contribution in [0, 0.1) is 0 Å². The van der Waals surface area contributed by atoms with E-state index < -0.39 is 0 Å². The first-order valence-corrected chi connectivity index (χ1v) is 8.24. The second-order valence-electron chi connectivity index (χ2n) is 6.20. The van der Waals surface area contributed by atoms with Crippen molar-refractivity contribution >= 4 is 11.8 Å². The van der Waals surface area contributed by atoms with Crippen molar-refractivity contribution in [1.82, 2.24) is 10.2 Å². The quantitative estimate of drug-likeness (QED) is 0.849. The average Bonchev–Trinajstić information content (AvgIpc) is 2.51. The zero-order valence-electron chi connectivity index (χ0n) is 12.1. The van der Waals surface area contributed by atoms with Gasteiger partial charge < -0.3 is 10.1 Å². The van der Waals surface area contributed by atoms with Crippen molar-refractivity contribution in [3.63, 3.8) is 0 Å². The molecule has 1 N–H and O–H groups in total. The molecular formula is C14H28N2OS. The predicted molar refractivity (Wildman–Crippen MR) is 79.4 cm³/mol. The van der Waals surface area contributed by atoms with Gasteiger partial charge in [0.15, 0.2) is 0 Å². The summed E-state index contributed by atoms with van der Waals surface area (Å²) in [6.45, 7) is 12.4. The summed E-state index contributed by atoms with van der Waals surface area (Å²) in [5, 5.41) is 3.56. The number of hydrogen-bond acceptors (Lipinski definition) is 4. The predicted octanol–water partition coefficient (Wildman–Crippen LogP) is 1.97. The summed E-state index contributed by atoms with van der Waals surface area (Å²) in [5.74, 6) is 1.27. The van der Waals surface area contributed by atoms with E-state index in [1.165, 1.54) is 31.7 Å². The van der Waals surface area contributed by atoms with Crippen LogP contribution in [-0.4, -0.2) is 60.3 Å². The molecular weight excluding hydrogens is 244 g/mol. The molecule has 18 heavy (non-hydrogen) atoms. The molecule has 2 atom stereocenters. The molecule has 2 rings (SSSR count). The van der Waals surface area contributed by atoms with Gasteiger partial charge in [-0.2, -0.15) is 11.8 Å². The van der Waals surface area contributed by atoms with E-state index in [-0.39, 0.29) is 0 Å². The number of rotatable bonds is 3. The van der Waals surface area contributed by atoms with E-state index in [1.54, 1.807) is 0 Å². The van der Waals surface area contributed by atoms with Crippen LogP contribution in [0.15, 0.2) is 0 Å². The van der Waals surface area contributed by atoms with Crippen LogP contribution < -0.4 is 5.32 Å². The molecule has 2 heterocycles. The highest BCUT2D eigenvalue weighted by molar-refractivity contribution is 8.00. The highest BCUT2D eigenvalue weighted by Crippen LogP contribution is 2.31. The molecule has 0 aromatic heterocycles. The molecule has 0 aromatic rings. The molecule has 0 spiro atoms. The van der Waals surface area contributed by atoms with Crippen molar-refractivity contribution in [3.05, 3.63) is 0 Å². The fourth-order valence-electron chi connectivity index (χ4n) is 2.81. The van der Waals surface area contributed by atoms with E-state index in [4.69, 9.17) is 4.74 Å². The number of hydrogen-bond donors (Lipinski definition) is 1. The average molecular weight is 272 g/mol. The zero-order valence-corrected chi connectivity index (χ0v) is 12.9. The third-order valence-electron chi connectivity index (χ3n) is 4.12. The Kier molecular flexibility index (Phi) is 5.36. The van der Waals surface area contributed by atoms with Gasteiger partial charge in [0.05, 0.1) is 13.2 Å². The Bertz CT molecular complexity index is 254. The summed E-state index contributed by atoms with van der Waals surface area (Å²) < 4.78 is 6.00. The van der Waals surface area contributed by atoms with E-state index >= 15 is 0 Å². The van der Waals surface area contributed by atoms with Crippen LogP contribution in [0.1, 0.15) is 33.6 Å². The number of ether oxygens (including phenoxy) is 1. The monoisotopic (exact) mass is 272 g/mol. The van der Waals surface area contributed by atoms with Gasteiger partial charge in [0.25, 0.3) is 0 Å². The fraction of sp³-hybridized carbons (Fsp3) is 1.00. The van der Waals surface area contributed by atoms with Crippen LogP contribution in [0.4, 0.5) is 0 Å². The standard InChI is InChI=1S/C14H28N2OS/c1-12(10-13-11-17-8-5-15-13)16-6-4-14(2,3)18-9-7-16/h12-13,15H,4-11H2,1-3H3. The number of nitrogens with one attached hydrogen (secondary N) is 1. The molecule has 0 saturated carbocycles. The van der Waals surface area contributed by atoms with Crippen molar-refractivity contribution in [3.8, 4) is 0 Å². The Hall–Kier alpha value is 0.230. The molecule has 0 bridgehead atoms. The Morgan fingerprint density at radius 2 is 2.28 bits per heavy atom. The second kappa shape index (κ2) is 6.60. The van der Waals surface area contributed by atoms with Gasteiger partial charge in [0.2, 0.25) is 0 Å². The number of nitrogens with zero attached hydrogens (tertiary/aromatic N) is 1. The summed E-state index contributed by atoms with van der Waals surface area (Å²) in [5.41, 5.74) is 0. The minimum Gasteiger partial charge on any atom is -0.379 e. The molecule has 2 fully saturated rings. The molecule has 2 saturated heterocycles. The van der Waals surface area contributed by atoms with Gasteiger partial charge >= 0.3 is 0 Å². The summed E-state index contributed by atoms with van der Waals surface area (Å²) >= 11 is 2.13. The fourth-order valence-corrected chi connectivity index (χ4v) is 3.92. The molecule has 0 radical (unpaired) electrons. The maximum atomic E-state index is 5.54. The van der Waals surface area contributed by atoms with Crippen molar-refractivity contribution < 1.29 is 4.74 Å². The molecule has 2 aliphatic heterocycles. The van der Waals surface area contributed by atoms with Gasteiger partial charge in [0.1, 0.15) is 0 Å². The van der Waals surface area contributed by atoms with Gasteiger partial charge in [-0.15, -0.1) is 0 Å². The molecule has 0 amide bonds. The topological polar surface area (TPSA) is 24.5 Å². The Morgan fingerprint density at radius 3 is 3.00 bits per heavy atom. The van der Waals surface area contributed by atoms with Crippen molar-refractivity contribution in [2.75, 3.05) is 38.6 Å². The molecule has 106 valence electrons. The number of morpholine rings is 1. The Morgan fingerprint density at radius 1 is 1.44 bits per heavy atom. The van der Waals surface area contributed by atoms with Gasteiger partial charge in [-0.3, -0.25) is 4.90 Å². The highest BCUT2D eigenvalue weighted by atomic mass is 32.2. The Balaban J connectivity index is 1.79. The number of thioether (sulfide) groups is 1. The van der Waals surface area contributed by atoms with Crippen molar-refractivity contribution in [1.29, 1.82) is 0 Å². The van der Waals surface area contributed by atoms with Crippen molar-refractivity contribution in [2.45, 2.75) is 50.4 Å². The van der Waals surface area contributed by atoms with E-state index in [0.717, 1.165) is 19.8 Å². The van der Waals surface area contributed by atoms with Gasteiger partial charge in [-0.25, -0.2) is 0 Å². The maximum absolute atomic E-state index is 5.54. The lowest BCUT2D eigenvalue weighted by Crippen LogP contribution is -2.46. The molecule has 2 unspecified atom stereocenters. The first-order valence-electron chi connectivity index (χ1n) is 7.26. The van der Waals surface area contributed by atoms with Gasteiger partial charge in [-0.05, 0) is 26.3 Å². The van der Waals surface area contributed by atoms with Crippen LogP contribution >= 0.6 is 11.8 Å². The Labute approximate surface area is 116 Å². The van der Waals surface area contributed by atoms with Crippen LogP contribution in [0.2, 0.25) is 0 Å². The second-order valence-corrected chi connectivity index (χ2v) is 8.01. The molecule has 3 nitrogen and oxygen atoms in total. The van der Waals surface area contributed by atoms with Crippen LogP contribution in [0.3, 0.4) is 0 Å². The van der Waals surface area contributed by atoms with Gasteiger partial charge in [-0.1, -0.05) is 13.8 Å². The molecule has 0 aliphatic carbocycles. The smallest absolute Gasteiger partial charge is 0.0620 e. The minimum absolute atomic E-state index is 0.459.